The molecule has 28 heavy (non-hydrogen) atoms. The summed E-state index contributed by atoms with van der Waals surface area (Å²) < 4.78 is 4.78. The third-order valence-corrected chi connectivity index (χ3v) is 4.05. The fourth-order valence-corrected chi connectivity index (χ4v) is 2.51. The van der Waals surface area contributed by atoms with Gasteiger partial charge in [-0.3, -0.25) is 9.59 Å². The average Bonchev–Trinajstić information content (AvgIpc) is 2.59. The number of carboxylic acid groups (broad SMARTS) is 1. The van der Waals surface area contributed by atoms with Gasteiger partial charge in [0, 0.05) is 6.42 Å². The minimum atomic E-state index is -1.09. The van der Waals surface area contributed by atoms with Gasteiger partial charge in [0.05, 0.1) is 19.6 Å². The summed E-state index contributed by atoms with van der Waals surface area (Å²) in [6, 6.07) is 7.42. The molecule has 1 amide bonds. The third kappa shape index (κ3) is 10.8. The van der Waals surface area contributed by atoms with Crippen LogP contribution in [0.15, 0.2) is 30.3 Å². The van der Waals surface area contributed by atoms with Crippen LogP contribution in [0, 0.1) is 5.41 Å². The zero-order chi connectivity index (χ0) is 20.4. The van der Waals surface area contributed by atoms with Gasteiger partial charge in [-0.2, -0.15) is 0 Å². The number of hydrogen-bond acceptors (Lipinski definition) is 5. The topological polar surface area (TPSA) is 105 Å². The second-order valence-electron chi connectivity index (χ2n) is 7.69. The van der Waals surface area contributed by atoms with Gasteiger partial charge in [-0.25, -0.2) is 4.79 Å². The van der Waals surface area contributed by atoms with E-state index in [2.05, 4.69) is 31.4 Å². The monoisotopic (exact) mass is 402 g/mol. The summed E-state index contributed by atoms with van der Waals surface area (Å²) >= 11 is 0. The predicted octanol–water partition coefficient (Wildman–Crippen LogP) is 1.11. The van der Waals surface area contributed by atoms with Crippen molar-refractivity contribution in [2.75, 3.05) is 13.7 Å². The normalized spacial score (nSPS) is 13.0. The maximum absolute atomic E-state index is 12.6. The molecule has 8 heteroatoms. The Hall–Kier alpha value is -1.41. The molecule has 0 bridgehead atoms. The Bertz CT molecular complexity index is 631. The van der Waals surface area contributed by atoms with Crippen LogP contribution in [-0.4, -0.2) is 78.2 Å². The average molecular weight is 402 g/mol. The molecule has 0 heterocycles. The van der Waals surface area contributed by atoms with Crippen LogP contribution in [0.3, 0.4) is 0 Å². The van der Waals surface area contributed by atoms with Crippen molar-refractivity contribution in [1.29, 1.82) is 0 Å². The molecule has 0 unspecified atom stereocenters. The van der Waals surface area contributed by atoms with Crippen molar-refractivity contribution in [3.63, 3.8) is 0 Å². The summed E-state index contributed by atoms with van der Waals surface area (Å²) in [7, 11) is 1.25. The fourth-order valence-electron chi connectivity index (χ4n) is 2.51. The summed E-state index contributed by atoms with van der Waals surface area (Å²) in [5, 5.41) is 14.7. The molecular weight excluding hydrogens is 371 g/mol. The maximum atomic E-state index is 12.6. The van der Waals surface area contributed by atoms with Crippen molar-refractivity contribution in [2.24, 2.45) is 5.41 Å². The van der Waals surface area contributed by atoms with Crippen LogP contribution in [0.1, 0.15) is 39.2 Å². The number of nitrogens with one attached hydrogen (secondary N) is 2. The van der Waals surface area contributed by atoms with Gasteiger partial charge >= 0.3 is 41.5 Å². The van der Waals surface area contributed by atoms with E-state index in [1.807, 2.05) is 30.3 Å². The molecular formula is C20H31N2NaO5. The van der Waals surface area contributed by atoms with Gasteiger partial charge in [-0.1, -0.05) is 51.1 Å². The number of amides is 1. The predicted molar refractivity (Wildman–Crippen MR) is 109 cm³/mol. The Morgan fingerprint density at radius 3 is 2.21 bits per heavy atom. The van der Waals surface area contributed by atoms with E-state index in [1.54, 1.807) is 0 Å². The molecule has 0 fully saturated rings. The number of carboxylic acids is 1. The third-order valence-electron chi connectivity index (χ3n) is 4.05. The zero-order valence-corrected chi connectivity index (χ0v) is 16.5. The Labute approximate surface area is 188 Å². The van der Waals surface area contributed by atoms with Crippen molar-refractivity contribution in [2.45, 2.75) is 52.1 Å². The second kappa shape index (κ2) is 12.9. The molecule has 0 radical (unpaired) electrons. The van der Waals surface area contributed by atoms with Crippen LogP contribution >= 0.6 is 0 Å². The zero-order valence-electron chi connectivity index (χ0n) is 16.5. The van der Waals surface area contributed by atoms with Gasteiger partial charge in [-0.05, 0) is 23.9 Å². The molecule has 1 rings (SSSR count). The quantitative estimate of drug-likeness (QED) is 0.400. The summed E-state index contributed by atoms with van der Waals surface area (Å²) in [6.45, 7) is 6.69. The molecule has 1 aromatic rings. The van der Waals surface area contributed by atoms with Gasteiger partial charge < -0.3 is 20.5 Å². The Balaban J connectivity index is 0.00000729. The number of esters is 1. The van der Waals surface area contributed by atoms with Crippen molar-refractivity contribution in [3.05, 3.63) is 35.9 Å². The molecule has 0 aliphatic carbocycles. The van der Waals surface area contributed by atoms with E-state index in [0.717, 1.165) is 12.0 Å². The van der Waals surface area contributed by atoms with Crippen LogP contribution in [-0.2, 0) is 25.5 Å². The number of carbonyl (C=O) groups excluding carboxylic acids is 2. The molecule has 0 aromatic heterocycles. The van der Waals surface area contributed by atoms with Crippen LogP contribution in [0.25, 0.3) is 0 Å². The molecule has 0 aliphatic rings. The molecule has 152 valence electrons. The van der Waals surface area contributed by atoms with Crippen LogP contribution in [0.5, 0.6) is 0 Å². The second-order valence-corrected chi connectivity index (χ2v) is 7.69. The number of hydrogen-bond donors (Lipinski definition) is 3. The summed E-state index contributed by atoms with van der Waals surface area (Å²) in [5.41, 5.74) is 0.919. The van der Waals surface area contributed by atoms with E-state index < -0.39 is 29.9 Å². The first-order chi connectivity index (χ1) is 12.6. The van der Waals surface area contributed by atoms with Crippen molar-refractivity contribution < 1.29 is 24.2 Å². The number of benzene rings is 1. The first-order valence-corrected chi connectivity index (χ1v) is 8.99. The number of rotatable bonds is 10. The van der Waals surface area contributed by atoms with E-state index in [4.69, 9.17) is 9.84 Å². The molecule has 3 N–H and O–H groups in total. The van der Waals surface area contributed by atoms with E-state index in [-0.39, 0.29) is 47.8 Å². The summed E-state index contributed by atoms with van der Waals surface area (Å²) in [4.78, 5) is 35.8. The minimum absolute atomic E-state index is 0. The van der Waals surface area contributed by atoms with E-state index in [9.17, 15) is 14.4 Å². The fraction of sp³-hybridized carbons (Fsp3) is 0.550. The molecule has 0 saturated carbocycles. The van der Waals surface area contributed by atoms with Gasteiger partial charge in [0.15, 0.2) is 0 Å². The molecule has 0 saturated heterocycles. The van der Waals surface area contributed by atoms with Crippen molar-refractivity contribution >= 4 is 47.4 Å². The van der Waals surface area contributed by atoms with E-state index in [1.165, 1.54) is 7.11 Å². The first-order valence-electron chi connectivity index (χ1n) is 8.99. The molecule has 0 aliphatic heterocycles. The van der Waals surface area contributed by atoms with Crippen molar-refractivity contribution in [1.82, 2.24) is 10.6 Å². The number of aliphatic carboxylic acids is 1. The SMILES string of the molecule is COC(=O)[C@H](Cc1ccccc1)NC(=O)[C@H](CC(=O)O)NCCC(C)(C)C.[NaH]. The number of ether oxygens (including phenoxy) is 1. The van der Waals surface area contributed by atoms with Crippen molar-refractivity contribution in [3.8, 4) is 0 Å². The number of methoxy groups -OCH3 is 1. The summed E-state index contributed by atoms with van der Waals surface area (Å²) in [6.07, 6.45) is 0.678. The van der Waals surface area contributed by atoms with Gasteiger partial charge in [0.2, 0.25) is 5.91 Å². The molecule has 7 nitrogen and oxygen atoms in total. The molecule has 0 spiro atoms. The van der Waals surface area contributed by atoms with Crippen LogP contribution in [0.4, 0.5) is 0 Å². The number of carbonyl (C=O) groups is 3. The van der Waals surface area contributed by atoms with E-state index in [0.29, 0.717) is 6.54 Å². The van der Waals surface area contributed by atoms with E-state index >= 15 is 0 Å². The van der Waals surface area contributed by atoms with Gasteiger partial charge in [-0.15, -0.1) is 0 Å². The molecule has 2 atom stereocenters. The Morgan fingerprint density at radius 2 is 1.71 bits per heavy atom. The molecule has 1 aromatic carbocycles. The van der Waals surface area contributed by atoms with Gasteiger partial charge in [0.1, 0.15) is 6.04 Å². The first kappa shape index (κ1) is 26.6. The summed E-state index contributed by atoms with van der Waals surface area (Å²) in [5.74, 6) is -2.19. The standard InChI is InChI=1S/C20H30N2O5.Na.H/c1-20(2,3)10-11-21-15(13-17(23)24)18(25)22-16(19(26)27-4)12-14-8-6-5-7-9-14;;/h5-9,15-16,21H,10-13H2,1-4H3,(H,22,25)(H,23,24);;/t15-,16-;;/m0../s1. The Kier molecular flexibility index (Phi) is 12.3. The van der Waals surface area contributed by atoms with Crippen LogP contribution in [0.2, 0.25) is 0 Å². The Morgan fingerprint density at radius 1 is 1.11 bits per heavy atom. The van der Waals surface area contributed by atoms with Crippen LogP contribution < -0.4 is 10.6 Å². The van der Waals surface area contributed by atoms with Gasteiger partial charge in [0.25, 0.3) is 0 Å².